The van der Waals surface area contributed by atoms with Crippen LogP contribution in [-0.2, 0) is 11.3 Å². The van der Waals surface area contributed by atoms with Crippen molar-refractivity contribution in [2.24, 2.45) is 5.92 Å². The summed E-state index contributed by atoms with van der Waals surface area (Å²) >= 11 is 12.2. The van der Waals surface area contributed by atoms with E-state index in [4.69, 9.17) is 28.3 Å². The third-order valence-corrected chi connectivity index (χ3v) is 4.63. The van der Waals surface area contributed by atoms with Gasteiger partial charge in [-0.15, -0.1) is 0 Å². The van der Waals surface area contributed by atoms with Gasteiger partial charge in [0.2, 0.25) is 0 Å². The topological polar surface area (TPSA) is 40.5 Å². The number of likely N-dealkylation sites (tertiary alicyclic amines) is 1. The molecule has 0 bridgehead atoms. The van der Waals surface area contributed by atoms with Crippen LogP contribution in [0.1, 0.15) is 25.3 Å². The van der Waals surface area contributed by atoms with E-state index < -0.39 is 5.97 Å². The van der Waals surface area contributed by atoms with Gasteiger partial charge in [-0.05, 0) is 37.9 Å². The first kappa shape index (κ1) is 14.6. The summed E-state index contributed by atoms with van der Waals surface area (Å²) in [5.41, 5.74) is 0.995. The molecule has 0 aliphatic carbocycles. The quantitative estimate of drug-likeness (QED) is 0.926. The van der Waals surface area contributed by atoms with Gasteiger partial charge in [0.1, 0.15) is 0 Å². The molecule has 0 spiro atoms. The monoisotopic (exact) mass is 301 g/mol. The Bertz CT molecular complexity index is 479. The molecule has 1 aliphatic heterocycles. The van der Waals surface area contributed by atoms with Gasteiger partial charge in [0, 0.05) is 12.6 Å². The number of aliphatic carboxylic acids is 1. The zero-order chi connectivity index (χ0) is 14.0. The lowest BCUT2D eigenvalue weighted by atomic mass is 9.91. The van der Waals surface area contributed by atoms with Crippen LogP contribution in [0, 0.1) is 5.92 Å². The number of halogens is 2. The molecule has 0 radical (unpaired) electrons. The highest BCUT2D eigenvalue weighted by molar-refractivity contribution is 6.42. The summed E-state index contributed by atoms with van der Waals surface area (Å²) in [5.74, 6) is -0.909. The van der Waals surface area contributed by atoms with Crippen LogP contribution in [0.4, 0.5) is 0 Å². The summed E-state index contributed by atoms with van der Waals surface area (Å²) < 4.78 is 0. The Balaban J connectivity index is 2.04. The largest absolute Gasteiger partial charge is 0.481 e. The smallest absolute Gasteiger partial charge is 0.306 e. The molecule has 1 fully saturated rings. The first-order valence-corrected chi connectivity index (χ1v) is 7.14. The van der Waals surface area contributed by atoms with Crippen LogP contribution in [-0.4, -0.2) is 28.6 Å². The molecule has 19 heavy (non-hydrogen) atoms. The van der Waals surface area contributed by atoms with E-state index in [0.717, 1.165) is 12.1 Å². The van der Waals surface area contributed by atoms with Gasteiger partial charge in [0.15, 0.2) is 0 Å². The molecule has 1 aromatic carbocycles. The molecule has 0 aromatic heterocycles. The van der Waals surface area contributed by atoms with Crippen molar-refractivity contribution in [1.29, 1.82) is 0 Å². The Hall–Kier alpha value is -0.770. The number of carboxylic acids is 1. The van der Waals surface area contributed by atoms with Crippen LogP contribution < -0.4 is 0 Å². The predicted octanol–water partition coefficient (Wildman–Crippen LogP) is 3.68. The minimum absolute atomic E-state index is 0.221. The lowest BCUT2D eigenvalue weighted by Crippen LogP contribution is -2.42. The van der Waals surface area contributed by atoms with Crippen LogP contribution in [0.15, 0.2) is 18.2 Å². The lowest BCUT2D eigenvalue weighted by Gasteiger charge is -2.36. The first-order chi connectivity index (χ1) is 8.99. The first-order valence-electron chi connectivity index (χ1n) is 6.38. The minimum atomic E-state index is -0.688. The Kier molecular flexibility index (Phi) is 4.71. The Morgan fingerprint density at radius 3 is 2.84 bits per heavy atom. The van der Waals surface area contributed by atoms with Crippen LogP contribution in [0.3, 0.4) is 0 Å². The number of carboxylic acid groups (broad SMARTS) is 1. The third kappa shape index (κ3) is 3.41. The van der Waals surface area contributed by atoms with Crippen molar-refractivity contribution in [3.05, 3.63) is 33.8 Å². The number of piperidine rings is 1. The number of hydrogen-bond donors (Lipinski definition) is 1. The maximum atomic E-state index is 11.0. The molecule has 5 heteroatoms. The van der Waals surface area contributed by atoms with Gasteiger partial charge in [0.25, 0.3) is 0 Å². The number of nitrogens with zero attached hydrogens (tertiary/aromatic N) is 1. The van der Waals surface area contributed by atoms with Crippen molar-refractivity contribution >= 4 is 29.2 Å². The molecule has 0 amide bonds. The highest BCUT2D eigenvalue weighted by Crippen LogP contribution is 2.29. The predicted molar refractivity (Wildman–Crippen MR) is 76.7 cm³/mol. The molecule has 104 valence electrons. The van der Waals surface area contributed by atoms with Crippen LogP contribution in [0.2, 0.25) is 10.0 Å². The number of rotatable bonds is 3. The zero-order valence-electron chi connectivity index (χ0n) is 10.8. The standard InChI is InChI=1S/C14H17Cl2NO2/c1-9-7-10(14(18)19)5-6-17(9)8-11-3-2-4-12(15)13(11)16/h2-4,9-10H,5-8H2,1H3,(H,18,19). The van der Waals surface area contributed by atoms with Gasteiger partial charge in [-0.3, -0.25) is 9.69 Å². The fourth-order valence-corrected chi connectivity index (χ4v) is 2.95. The SMILES string of the molecule is CC1CC(C(=O)O)CCN1Cc1cccc(Cl)c1Cl. The van der Waals surface area contributed by atoms with Gasteiger partial charge in [-0.1, -0.05) is 35.3 Å². The second-order valence-corrected chi connectivity index (χ2v) is 5.88. The average molecular weight is 302 g/mol. The summed E-state index contributed by atoms with van der Waals surface area (Å²) in [5, 5.41) is 10.2. The minimum Gasteiger partial charge on any atom is -0.481 e. The van der Waals surface area contributed by atoms with Crippen molar-refractivity contribution in [3.8, 4) is 0 Å². The van der Waals surface area contributed by atoms with Gasteiger partial charge >= 0.3 is 5.97 Å². The zero-order valence-corrected chi connectivity index (χ0v) is 12.3. The van der Waals surface area contributed by atoms with E-state index in [9.17, 15) is 4.79 Å². The number of hydrogen-bond acceptors (Lipinski definition) is 2. The molecule has 0 saturated carbocycles. The van der Waals surface area contributed by atoms with E-state index in [1.54, 1.807) is 6.07 Å². The molecular formula is C14H17Cl2NO2. The van der Waals surface area contributed by atoms with Gasteiger partial charge in [-0.2, -0.15) is 0 Å². The summed E-state index contributed by atoms with van der Waals surface area (Å²) in [7, 11) is 0. The van der Waals surface area contributed by atoms with E-state index in [1.807, 2.05) is 12.1 Å². The average Bonchev–Trinajstić information content (AvgIpc) is 2.37. The Morgan fingerprint density at radius 2 is 2.21 bits per heavy atom. The van der Waals surface area contributed by atoms with Crippen molar-refractivity contribution in [3.63, 3.8) is 0 Å². The van der Waals surface area contributed by atoms with Crippen molar-refractivity contribution in [2.75, 3.05) is 6.54 Å². The second kappa shape index (κ2) is 6.12. The molecular weight excluding hydrogens is 285 g/mol. The lowest BCUT2D eigenvalue weighted by molar-refractivity contribution is -0.144. The molecule has 1 aliphatic rings. The van der Waals surface area contributed by atoms with Gasteiger partial charge in [0.05, 0.1) is 16.0 Å². The van der Waals surface area contributed by atoms with E-state index in [2.05, 4.69) is 11.8 Å². The highest BCUT2D eigenvalue weighted by Gasteiger charge is 2.29. The number of carbonyl (C=O) groups is 1. The molecule has 1 saturated heterocycles. The summed E-state index contributed by atoms with van der Waals surface area (Å²) in [4.78, 5) is 13.3. The third-order valence-electron chi connectivity index (χ3n) is 3.77. The summed E-state index contributed by atoms with van der Waals surface area (Å²) in [6, 6.07) is 5.86. The van der Waals surface area contributed by atoms with Crippen LogP contribution >= 0.6 is 23.2 Å². The van der Waals surface area contributed by atoms with Crippen molar-refractivity contribution in [1.82, 2.24) is 4.90 Å². The van der Waals surface area contributed by atoms with E-state index in [1.165, 1.54) is 0 Å². The fourth-order valence-electron chi connectivity index (χ4n) is 2.57. The molecule has 1 N–H and O–H groups in total. The highest BCUT2D eigenvalue weighted by atomic mass is 35.5. The van der Waals surface area contributed by atoms with E-state index >= 15 is 0 Å². The number of benzene rings is 1. The molecule has 2 rings (SSSR count). The Morgan fingerprint density at radius 1 is 1.47 bits per heavy atom. The normalized spacial score (nSPS) is 24.4. The van der Waals surface area contributed by atoms with E-state index in [0.29, 0.717) is 29.4 Å². The van der Waals surface area contributed by atoms with Crippen LogP contribution in [0.5, 0.6) is 0 Å². The molecule has 1 heterocycles. The maximum Gasteiger partial charge on any atom is 0.306 e. The van der Waals surface area contributed by atoms with E-state index in [-0.39, 0.29) is 12.0 Å². The van der Waals surface area contributed by atoms with Gasteiger partial charge < -0.3 is 5.11 Å². The summed E-state index contributed by atoms with van der Waals surface area (Å²) in [6.45, 7) is 3.56. The van der Waals surface area contributed by atoms with Crippen molar-refractivity contribution in [2.45, 2.75) is 32.4 Å². The molecule has 2 unspecified atom stereocenters. The second-order valence-electron chi connectivity index (χ2n) is 5.09. The van der Waals surface area contributed by atoms with Crippen molar-refractivity contribution < 1.29 is 9.90 Å². The molecule has 1 aromatic rings. The molecule has 3 nitrogen and oxygen atoms in total. The molecule has 2 atom stereocenters. The fraction of sp³-hybridized carbons (Fsp3) is 0.500. The summed E-state index contributed by atoms with van der Waals surface area (Å²) in [6.07, 6.45) is 1.38. The maximum absolute atomic E-state index is 11.0. The van der Waals surface area contributed by atoms with Crippen LogP contribution in [0.25, 0.3) is 0 Å². The van der Waals surface area contributed by atoms with Gasteiger partial charge in [-0.25, -0.2) is 0 Å². The Labute approximate surface area is 123 Å².